The third kappa shape index (κ3) is 4.01. The van der Waals surface area contributed by atoms with Crippen LogP contribution in [0.4, 0.5) is 0 Å². The smallest absolute Gasteiger partial charge is 0.231 e. The van der Waals surface area contributed by atoms with E-state index >= 15 is 0 Å². The van der Waals surface area contributed by atoms with Crippen LogP contribution in [0.15, 0.2) is 47.5 Å². The van der Waals surface area contributed by atoms with Gasteiger partial charge in [0.15, 0.2) is 17.5 Å². The van der Waals surface area contributed by atoms with Crippen molar-refractivity contribution in [2.24, 2.45) is 4.99 Å². The number of nitrogens with zero attached hydrogens (tertiary/aromatic N) is 3. The average molecular weight is 336 g/mol. The highest BCUT2D eigenvalue weighted by Gasteiger charge is 2.14. The number of hydrogen-bond acceptors (Lipinski definition) is 4. The maximum absolute atomic E-state index is 8.85. The minimum absolute atomic E-state index is 0.280. The Morgan fingerprint density at radius 1 is 1.16 bits per heavy atom. The van der Waals surface area contributed by atoms with Gasteiger partial charge < -0.3 is 19.7 Å². The molecule has 0 aromatic heterocycles. The largest absolute Gasteiger partial charge is 0.454 e. The highest BCUT2D eigenvalue weighted by molar-refractivity contribution is 5.79. The molecular weight excluding hydrogens is 316 g/mol. The van der Waals surface area contributed by atoms with Crippen molar-refractivity contribution < 1.29 is 9.47 Å². The Labute approximate surface area is 147 Å². The van der Waals surface area contributed by atoms with Crippen molar-refractivity contribution >= 4 is 5.96 Å². The first-order valence-corrected chi connectivity index (χ1v) is 7.99. The molecule has 0 saturated heterocycles. The summed E-state index contributed by atoms with van der Waals surface area (Å²) in [6.45, 7) is 1.62. The van der Waals surface area contributed by atoms with Crippen LogP contribution in [0.1, 0.15) is 16.7 Å². The summed E-state index contributed by atoms with van der Waals surface area (Å²) in [5.41, 5.74) is 2.87. The second-order valence-electron chi connectivity index (χ2n) is 5.75. The lowest BCUT2D eigenvalue weighted by molar-refractivity contribution is 0.174. The molecule has 0 bridgehead atoms. The third-order valence-electron chi connectivity index (χ3n) is 3.96. The summed E-state index contributed by atoms with van der Waals surface area (Å²) >= 11 is 0. The number of nitrogens with one attached hydrogen (secondary N) is 1. The van der Waals surface area contributed by atoms with Gasteiger partial charge in [0.2, 0.25) is 6.79 Å². The van der Waals surface area contributed by atoms with Crippen molar-refractivity contribution in [2.75, 3.05) is 20.9 Å². The summed E-state index contributed by atoms with van der Waals surface area (Å²) in [5.74, 6) is 2.36. The van der Waals surface area contributed by atoms with E-state index in [1.807, 2.05) is 54.4 Å². The minimum atomic E-state index is 0.280. The molecule has 0 spiro atoms. The molecule has 25 heavy (non-hydrogen) atoms. The van der Waals surface area contributed by atoms with E-state index in [-0.39, 0.29) is 6.79 Å². The molecule has 3 rings (SSSR count). The molecule has 1 aliphatic heterocycles. The second kappa shape index (κ2) is 7.58. The quantitative estimate of drug-likeness (QED) is 0.686. The van der Waals surface area contributed by atoms with Gasteiger partial charge in [0.25, 0.3) is 0 Å². The zero-order chi connectivity index (χ0) is 17.6. The molecule has 128 valence electrons. The Balaban J connectivity index is 1.59. The van der Waals surface area contributed by atoms with Crippen LogP contribution >= 0.6 is 0 Å². The van der Waals surface area contributed by atoms with Gasteiger partial charge in [-0.05, 0) is 35.4 Å². The van der Waals surface area contributed by atoms with Crippen molar-refractivity contribution in [3.05, 3.63) is 59.2 Å². The summed E-state index contributed by atoms with van der Waals surface area (Å²) in [6.07, 6.45) is 0. The van der Waals surface area contributed by atoms with E-state index in [0.717, 1.165) is 28.6 Å². The fourth-order valence-corrected chi connectivity index (χ4v) is 2.65. The van der Waals surface area contributed by atoms with Crippen LogP contribution in [-0.4, -0.2) is 31.7 Å². The highest BCUT2D eigenvalue weighted by Crippen LogP contribution is 2.32. The van der Waals surface area contributed by atoms with Gasteiger partial charge >= 0.3 is 0 Å². The standard InChI is InChI=1S/C19H20N4O2/c1-21-19(22-11-15-5-3-14(10-20)4-6-15)23(2)12-16-7-8-17-18(9-16)25-13-24-17/h3-9H,11-13H2,1-2H3,(H,21,22). The van der Waals surface area contributed by atoms with Gasteiger partial charge in [-0.15, -0.1) is 0 Å². The third-order valence-corrected chi connectivity index (χ3v) is 3.96. The molecular formula is C19H20N4O2. The van der Waals surface area contributed by atoms with Crippen molar-refractivity contribution in [3.8, 4) is 17.6 Å². The predicted molar refractivity (Wildman–Crippen MR) is 95.4 cm³/mol. The number of nitriles is 1. The van der Waals surface area contributed by atoms with Crippen LogP contribution < -0.4 is 14.8 Å². The van der Waals surface area contributed by atoms with Gasteiger partial charge in [-0.2, -0.15) is 5.26 Å². The maximum Gasteiger partial charge on any atom is 0.231 e. The second-order valence-corrected chi connectivity index (χ2v) is 5.75. The number of guanidine groups is 1. The normalized spacial score (nSPS) is 12.6. The fourth-order valence-electron chi connectivity index (χ4n) is 2.65. The minimum Gasteiger partial charge on any atom is -0.454 e. The topological polar surface area (TPSA) is 69.9 Å². The first-order valence-electron chi connectivity index (χ1n) is 7.99. The zero-order valence-electron chi connectivity index (χ0n) is 14.3. The summed E-state index contributed by atoms with van der Waals surface area (Å²) in [6, 6.07) is 15.6. The van der Waals surface area contributed by atoms with Crippen LogP contribution in [0.3, 0.4) is 0 Å². The van der Waals surface area contributed by atoms with E-state index in [4.69, 9.17) is 14.7 Å². The lowest BCUT2D eigenvalue weighted by Gasteiger charge is -2.22. The molecule has 0 atom stereocenters. The molecule has 1 heterocycles. The van der Waals surface area contributed by atoms with Crippen molar-refractivity contribution in [1.29, 1.82) is 5.26 Å². The molecule has 0 fully saturated rings. The molecule has 0 unspecified atom stereocenters. The van der Waals surface area contributed by atoms with E-state index in [1.165, 1.54) is 0 Å². The van der Waals surface area contributed by atoms with Gasteiger partial charge in [-0.3, -0.25) is 4.99 Å². The molecule has 2 aromatic rings. The first kappa shape index (κ1) is 16.7. The molecule has 2 aromatic carbocycles. The van der Waals surface area contributed by atoms with Crippen molar-refractivity contribution in [3.63, 3.8) is 0 Å². The van der Waals surface area contributed by atoms with Crippen LogP contribution in [0.5, 0.6) is 11.5 Å². The number of fused-ring (bicyclic) bond motifs is 1. The summed E-state index contributed by atoms with van der Waals surface area (Å²) in [7, 11) is 3.75. The van der Waals surface area contributed by atoms with Gasteiger partial charge in [-0.1, -0.05) is 18.2 Å². The number of ether oxygens (including phenoxy) is 2. The first-order chi connectivity index (χ1) is 12.2. The SMILES string of the molecule is CN=C(NCc1ccc(C#N)cc1)N(C)Cc1ccc2c(c1)OCO2. The highest BCUT2D eigenvalue weighted by atomic mass is 16.7. The Hall–Kier alpha value is -3.20. The van der Waals surface area contributed by atoms with Crippen LogP contribution in [0.2, 0.25) is 0 Å². The van der Waals surface area contributed by atoms with Crippen LogP contribution in [0, 0.1) is 11.3 Å². The molecule has 1 N–H and O–H groups in total. The van der Waals surface area contributed by atoms with Gasteiger partial charge in [0.05, 0.1) is 11.6 Å². The predicted octanol–water partition coefficient (Wildman–Crippen LogP) is 2.49. The van der Waals surface area contributed by atoms with E-state index < -0.39 is 0 Å². The van der Waals surface area contributed by atoms with E-state index in [2.05, 4.69) is 16.4 Å². The summed E-state index contributed by atoms with van der Waals surface area (Å²) < 4.78 is 10.8. The molecule has 0 aliphatic carbocycles. The number of aliphatic imine (C=N–C) groups is 1. The van der Waals surface area contributed by atoms with Crippen molar-refractivity contribution in [2.45, 2.75) is 13.1 Å². The van der Waals surface area contributed by atoms with E-state index in [9.17, 15) is 0 Å². The number of benzene rings is 2. The fraction of sp³-hybridized carbons (Fsp3) is 0.263. The van der Waals surface area contributed by atoms with Crippen LogP contribution in [-0.2, 0) is 13.1 Å². The van der Waals surface area contributed by atoms with Gasteiger partial charge in [-0.25, -0.2) is 0 Å². The molecule has 0 amide bonds. The summed E-state index contributed by atoms with van der Waals surface area (Å²) in [4.78, 5) is 6.37. The molecule has 1 aliphatic rings. The monoisotopic (exact) mass is 336 g/mol. The molecule has 6 heteroatoms. The lowest BCUT2D eigenvalue weighted by Crippen LogP contribution is -2.38. The summed E-state index contributed by atoms with van der Waals surface area (Å²) in [5, 5.41) is 12.2. The van der Waals surface area contributed by atoms with Crippen molar-refractivity contribution in [1.82, 2.24) is 10.2 Å². The molecule has 0 radical (unpaired) electrons. The van der Waals surface area contributed by atoms with E-state index in [1.54, 1.807) is 7.05 Å². The van der Waals surface area contributed by atoms with E-state index in [0.29, 0.717) is 18.7 Å². The number of hydrogen-bond donors (Lipinski definition) is 1. The lowest BCUT2D eigenvalue weighted by atomic mass is 10.1. The van der Waals surface area contributed by atoms with Gasteiger partial charge in [0.1, 0.15) is 0 Å². The Morgan fingerprint density at radius 2 is 1.88 bits per heavy atom. The Morgan fingerprint density at radius 3 is 2.60 bits per heavy atom. The molecule has 6 nitrogen and oxygen atoms in total. The van der Waals surface area contributed by atoms with Crippen LogP contribution in [0.25, 0.3) is 0 Å². The average Bonchev–Trinajstić information content (AvgIpc) is 3.10. The maximum atomic E-state index is 8.85. The molecule has 0 saturated carbocycles. The van der Waals surface area contributed by atoms with Gasteiger partial charge in [0, 0.05) is 27.2 Å². The Bertz CT molecular complexity index is 809. The zero-order valence-corrected chi connectivity index (χ0v) is 14.3. The Kier molecular flexibility index (Phi) is 5.05. The number of rotatable bonds is 4.